The largest absolute Gasteiger partial charge is 0.394 e. The first-order valence-electron chi connectivity index (χ1n) is 5.57. The minimum absolute atomic E-state index is 0.0542. The van der Waals surface area contributed by atoms with Crippen molar-refractivity contribution >= 4 is 11.6 Å². The maximum atomic E-state index is 12.8. The van der Waals surface area contributed by atoms with Crippen LogP contribution in [0, 0.1) is 5.82 Å². The fourth-order valence-corrected chi connectivity index (χ4v) is 1.59. The monoisotopic (exact) mass is 261 g/mol. The summed E-state index contributed by atoms with van der Waals surface area (Å²) in [4.78, 5) is 0. The molecule has 0 spiro atoms. The lowest BCUT2D eigenvalue weighted by atomic mass is 10.2. The van der Waals surface area contributed by atoms with E-state index in [1.165, 1.54) is 12.1 Å². The van der Waals surface area contributed by atoms with Crippen LogP contribution in [0.15, 0.2) is 18.2 Å². The molecule has 0 heterocycles. The van der Waals surface area contributed by atoms with Crippen molar-refractivity contribution in [3.63, 3.8) is 0 Å². The average Bonchev–Trinajstić information content (AvgIpc) is 2.30. The third kappa shape index (κ3) is 5.98. The van der Waals surface area contributed by atoms with Crippen LogP contribution in [0.5, 0.6) is 0 Å². The molecule has 96 valence electrons. The summed E-state index contributed by atoms with van der Waals surface area (Å²) in [6.45, 7) is 2.45. The first kappa shape index (κ1) is 14.4. The summed E-state index contributed by atoms with van der Waals surface area (Å²) in [5, 5.41) is 12.1. The van der Waals surface area contributed by atoms with Crippen LogP contribution in [0.25, 0.3) is 0 Å². The zero-order valence-electron chi connectivity index (χ0n) is 9.59. The van der Waals surface area contributed by atoms with Crippen LogP contribution in [0.2, 0.25) is 5.02 Å². The second kappa shape index (κ2) is 8.42. The molecular formula is C12H17ClFNO2. The highest BCUT2D eigenvalue weighted by Crippen LogP contribution is 2.16. The van der Waals surface area contributed by atoms with Gasteiger partial charge in [-0.1, -0.05) is 17.7 Å². The molecule has 0 aliphatic rings. The van der Waals surface area contributed by atoms with Gasteiger partial charge in [-0.2, -0.15) is 0 Å². The molecule has 5 heteroatoms. The third-order valence-electron chi connectivity index (χ3n) is 2.21. The highest BCUT2D eigenvalue weighted by molar-refractivity contribution is 6.31. The Hall–Kier alpha value is -0.680. The molecule has 0 aliphatic carbocycles. The number of halogens is 2. The van der Waals surface area contributed by atoms with Gasteiger partial charge in [-0.25, -0.2) is 4.39 Å². The standard InChI is InChI=1S/C12H17ClFNO2/c13-12-8-11(14)3-2-10(12)9-15-4-1-6-17-7-5-16/h2-3,8,15-16H,1,4-7,9H2. The van der Waals surface area contributed by atoms with E-state index in [2.05, 4.69) is 5.32 Å². The van der Waals surface area contributed by atoms with Gasteiger partial charge in [0.25, 0.3) is 0 Å². The molecular weight excluding hydrogens is 245 g/mol. The van der Waals surface area contributed by atoms with E-state index < -0.39 is 0 Å². The smallest absolute Gasteiger partial charge is 0.124 e. The van der Waals surface area contributed by atoms with Gasteiger partial charge in [-0.15, -0.1) is 0 Å². The van der Waals surface area contributed by atoms with E-state index in [0.717, 1.165) is 18.5 Å². The summed E-state index contributed by atoms with van der Waals surface area (Å²) in [5.41, 5.74) is 0.879. The van der Waals surface area contributed by atoms with E-state index in [4.69, 9.17) is 21.4 Å². The molecule has 0 aromatic heterocycles. The fraction of sp³-hybridized carbons (Fsp3) is 0.500. The van der Waals surface area contributed by atoms with Crippen molar-refractivity contribution in [3.8, 4) is 0 Å². The number of aliphatic hydroxyl groups excluding tert-OH is 1. The highest BCUT2D eigenvalue weighted by Gasteiger charge is 2.01. The Balaban J connectivity index is 2.14. The predicted octanol–water partition coefficient (Wildman–Crippen LogP) is 1.97. The van der Waals surface area contributed by atoms with Gasteiger partial charge in [0.2, 0.25) is 0 Å². The zero-order valence-corrected chi connectivity index (χ0v) is 10.3. The second-order valence-electron chi connectivity index (χ2n) is 3.60. The lowest BCUT2D eigenvalue weighted by molar-refractivity contribution is 0.0907. The maximum absolute atomic E-state index is 12.8. The Morgan fingerprint density at radius 1 is 1.35 bits per heavy atom. The van der Waals surface area contributed by atoms with Crippen LogP contribution in [-0.2, 0) is 11.3 Å². The van der Waals surface area contributed by atoms with Gasteiger partial charge in [-0.05, 0) is 30.7 Å². The summed E-state index contributed by atoms with van der Waals surface area (Å²) in [7, 11) is 0. The van der Waals surface area contributed by atoms with Crippen molar-refractivity contribution in [2.45, 2.75) is 13.0 Å². The highest BCUT2D eigenvalue weighted by atomic mass is 35.5. The van der Waals surface area contributed by atoms with Crippen molar-refractivity contribution in [2.75, 3.05) is 26.4 Å². The molecule has 0 amide bonds. The van der Waals surface area contributed by atoms with Gasteiger partial charge in [0.1, 0.15) is 5.82 Å². The van der Waals surface area contributed by atoms with Crippen LogP contribution >= 0.6 is 11.6 Å². The van der Waals surface area contributed by atoms with Gasteiger partial charge < -0.3 is 15.2 Å². The quantitative estimate of drug-likeness (QED) is 0.703. The van der Waals surface area contributed by atoms with Crippen LogP contribution < -0.4 is 5.32 Å². The Bertz CT molecular complexity index is 336. The maximum Gasteiger partial charge on any atom is 0.124 e. The molecule has 1 aromatic carbocycles. The normalized spacial score (nSPS) is 10.8. The number of hydrogen-bond donors (Lipinski definition) is 2. The number of benzene rings is 1. The number of rotatable bonds is 8. The van der Waals surface area contributed by atoms with Crippen molar-refractivity contribution < 1.29 is 14.2 Å². The summed E-state index contributed by atoms with van der Waals surface area (Å²) in [6, 6.07) is 4.38. The van der Waals surface area contributed by atoms with Crippen LogP contribution in [-0.4, -0.2) is 31.5 Å². The predicted molar refractivity (Wildman–Crippen MR) is 65.6 cm³/mol. The molecule has 0 bridgehead atoms. The molecule has 0 atom stereocenters. The van der Waals surface area contributed by atoms with Gasteiger partial charge in [0.05, 0.1) is 13.2 Å². The average molecular weight is 262 g/mol. The molecule has 0 aliphatic heterocycles. The zero-order chi connectivity index (χ0) is 12.5. The van der Waals surface area contributed by atoms with E-state index in [1.54, 1.807) is 6.07 Å². The molecule has 0 saturated heterocycles. The molecule has 1 aromatic rings. The van der Waals surface area contributed by atoms with E-state index in [9.17, 15) is 4.39 Å². The van der Waals surface area contributed by atoms with Gasteiger partial charge in [0, 0.05) is 18.2 Å². The van der Waals surface area contributed by atoms with E-state index in [0.29, 0.717) is 24.8 Å². The first-order chi connectivity index (χ1) is 8.24. The SMILES string of the molecule is OCCOCCCNCc1ccc(F)cc1Cl. The molecule has 2 N–H and O–H groups in total. The third-order valence-corrected chi connectivity index (χ3v) is 2.56. The molecule has 17 heavy (non-hydrogen) atoms. The van der Waals surface area contributed by atoms with Crippen molar-refractivity contribution in [3.05, 3.63) is 34.6 Å². The number of hydrogen-bond acceptors (Lipinski definition) is 3. The summed E-state index contributed by atoms with van der Waals surface area (Å²) in [5.74, 6) is -0.323. The molecule has 0 unspecified atom stereocenters. The van der Waals surface area contributed by atoms with Crippen LogP contribution in [0.3, 0.4) is 0 Å². The van der Waals surface area contributed by atoms with E-state index in [1.807, 2.05) is 0 Å². The van der Waals surface area contributed by atoms with Crippen molar-refractivity contribution in [1.82, 2.24) is 5.32 Å². The fourth-order valence-electron chi connectivity index (χ4n) is 1.35. The molecule has 3 nitrogen and oxygen atoms in total. The molecule has 0 radical (unpaired) electrons. The topological polar surface area (TPSA) is 41.5 Å². The Morgan fingerprint density at radius 3 is 2.88 bits per heavy atom. The van der Waals surface area contributed by atoms with E-state index >= 15 is 0 Å². The molecule has 1 rings (SSSR count). The Labute approximate surface area is 106 Å². The van der Waals surface area contributed by atoms with Crippen LogP contribution in [0.4, 0.5) is 4.39 Å². The lowest BCUT2D eigenvalue weighted by Gasteiger charge is -2.07. The summed E-state index contributed by atoms with van der Waals surface area (Å²) in [6.07, 6.45) is 0.860. The molecule has 0 saturated carbocycles. The minimum Gasteiger partial charge on any atom is -0.394 e. The Morgan fingerprint density at radius 2 is 2.18 bits per heavy atom. The first-order valence-corrected chi connectivity index (χ1v) is 5.95. The summed E-state index contributed by atoms with van der Waals surface area (Å²) < 4.78 is 17.9. The second-order valence-corrected chi connectivity index (χ2v) is 4.01. The van der Waals surface area contributed by atoms with E-state index in [-0.39, 0.29) is 12.4 Å². The molecule has 0 fully saturated rings. The van der Waals surface area contributed by atoms with Gasteiger partial charge in [0.15, 0.2) is 0 Å². The minimum atomic E-state index is -0.323. The summed E-state index contributed by atoms with van der Waals surface area (Å²) >= 11 is 5.88. The number of aliphatic hydroxyl groups is 1. The van der Waals surface area contributed by atoms with Crippen molar-refractivity contribution in [2.24, 2.45) is 0 Å². The number of nitrogens with one attached hydrogen (secondary N) is 1. The van der Waals surface area contributed by atoms with Crippen molar-refractivity contribution in [1.29, 1.82) is 0 Å². The number of ether oxygens (including phenoxy) is 1. The Kier molecular flexibility index (Phi) is 7.12. The van der Waals surface area contributed by atoms with Gasteiger partial charge in [-0.3, -0.25) is 0 Å². The van der Waals surface area contributed by atoms with Crippen LogP contribution in [0.1, 0.15) is 12.0 Å². The lowest BCUT2D eigenvalue weighted by Crippen LogP contribution is -2.17. The van der Waals surface area contributed by atoms with Gasteiger partial charge >= 0.3 is 0 Å².